The molecule has 0 saturated heterocycles. The number of nitro groups is 1. The van der Waals surface area contributed by atoms with E-state index >= 15 is 0 Å². The Labute approximate surface area is 215 Å². The second-order valence-electron chi connectivity index (χ2n) is 7.59. The molecule has 12 nitrogen and oxygen atoms in total. The van der Waals surface area contributed by atoms with Crippen LogP contribution in [0, 0.1) is 17.0 Å². The van der Waals surface area contributed by atoms with Crippen LogP contribution >= 0.6 is 11.6 Å². The molecule has 0 unspecified atom stereocenters. The van der Waals surface area contributed by atoms with Gasteiger partial charge in [0.15, 0.2) is 16.7 Å². The third-order valence-electron chi connectivity index (χ3n) is 4.92. The monoisotopic (exact) mass is 543 g/mol. The number of hydrogen-bond acceptors (Lipinski definition) is 9. The number of nitrogens with one attached hydrogen (secondary N) is 2. The van der Waals surface area contributed by atoms with E-state index in [2.05, 4.69) is 20.2 Å². The number of hydrogen-bond donors (Lipinski definition) is 2. The third-order valence-corrected chi connectivity index (χ3v) is 6.50. The highest BCUT2D eigenvalue weighted by Crippen LogP contribution is 2.24. The molecule has 2 N–H and O–H groups in total. The molecule has 2 aromatic carbocycles. The molecule has 0 aliphatic heterocycles. The number of nitrogens with zero attached hydrogens (tertiary/aromatic N) is 3. The average molecular weight is 544 g/mol. The standard InChI is InChI=1S/C23H18ClN5O7S/c1-14-12-16(4-8-19(14)29(31)32)35-13-17-5-9-20(36-17)23(30)25-15-2-6-18(7-3-15)37(33,34)28-22-11-10-21(24)26-27-22/h2-12H,13H2,1H3,(H,25,30)(H,27,28). The van der Waals surface area contributed by atoms with E-state index in [1.54, 1.807) is 13.0 Å². The van der Waals surface area contributed by atoms with E-state index in [1.807, 2.05) is 0 Å². The van der Waals surface area contributed by atoms with E-state index in [4.69, 9.17) is 20.8 Å². The number of halogens is 1. The number of carbonyl (C=O) groups excluding carboxylic acids is 1. The number of ether oxygens (including phenoxy) is 1. The largest absolute Gasteiger partial charge is 0.486 e. The first-order valence-corrected chi connectivity index (χ1v) is 12.4. The third kappa shape index (κ3) is 6.39. The van der Waals surface area contributed by atoms with E-state index in [0.717, 1.165) is 0 Å². The van der Waals surface area contributed by atoms with Gasteiger partial charge in [-0.05, 0) is 67.6 Å². The van der Waals surface area contributed by atoms with Crippen LogP contribution in [0.4, 0.5) is 17.2 Å². The lowest BCUT2D eigenvalue weighted by Gasteiger charge is -2.08. The molecule has 0 aliphatic carbocycles. The molecule has 4 aromatic rings. The van der Waals surface area contributed by atoms with Crippen LogP contribution in [0.1, 0.15) is 21.9 Å². The van der Waals surface area contributed by atoms with Crippen molar-refractivity contribution in [2.45, 2.75) is 18.4 Å². The minimum absolute atomic E-state index is 0.00207. The normalized spacial score (nSPS) is 11.1. The van der Waals surface area contributed by atoms with Crippen molar-refractivity contribution in [3.8, 4) is 5.75 Å². The lowest BCUT2D eigenvalue weighted by Crippen LogP contribution is -2.15. The van der Waals surface area contributed by atoms with Gasteiger partial charge in [0.25, 0.3) is 21.6 Å². The van der Waals surface area contributed by atoms with Gasteiger partial charge in [0, 0.05) is 17.3 Å². The van der Waals surface area contributed by atoms with E-state index in [1.165, 1.54) is 60.7 Å². The summed E-state index contributed by atoms with van der Waals surface area (Å²) in [7, 11) is -3.93. The van der Waals surface area contributed by atoms with Crippen molar-refractivity contribution in [2.75, 3.05) is 10.0 Å². The first kappa shape index (κ1) is 25.6. The molecule has 190 valence electrons. The lowest BCUT2D eigenvalue weighted by molar-refractivity contribution is -0.385. The molecule has 0 fully saturated rings. The second-order valence-corrected chi connectivity index (χ2v) is 9.65. The van der Waals surface area contributed by atoms with Crippen LogP contribution in [-0.2, 0) is 16.6 Å². The van der Waals surface area contributed by atoms with Crippen LogP contribution < -0.4 is 14.8 Å². The molecular formula is C23H18ClN5O7S. The fourth-order valence-electron chi connectivity index (χ4n) is 3.13. The predicted octanol–water partition coefficient (Wildman–Crippen LogP) is 4.57. The van der Waals surface area contributed by atoms with Crippen molar-refractivity contribution in [2.24, 2.45) is 0 Å². The number of aryl methyl sites for hydroxylation is 1. The molecular weight excluding hydrogens is 526 g/mol. The first-order valence-electron chi connectivity index (χ1n) is 10.5. The smallest absolute Gasteiger partial charge is 0.291 e. The van der Waals surface area contributed by atoms with Gasteiger partial charge in [0.05, 0.1) is 9.82 Å². The Hall–Kier alpha value is -4.49. The summed E-state index contributed by atoms with van der Waals surface area (Å²) in [5.41, 5.74) is 0.781. The zero-order valence-electron chi connectivity index (χ0n) is 19.0. The van der Waals surface area contributed by atoms with Crippen molar-refractivity contribution in [1.29, 1.82) is 0 Å². The number of rotatable bonds is 9. The maximum atomic E-state index is 12.5. The van der Waals surface area contributed by atoms with Crippen LogP contribution in [0.15, 0.2) is 76.0 Å². The van der Waals surface area contributed by atoms with Gasteiger partial charge in [-0.3, -0.25) is 19.6 Å². The highest BCUT2D eigenvalue weighted by Gasteiger charge is 2.17. The van der Waals surface area contributed by atoms with Crippen LogP contribution in [0.5, 0.6) is 5.75 Å². The highest BCUT2D eigenvalue weighted by molar-refractivity contribution is 7.92. The highest BCUT2D eigenvalue weighted by atomic mass is 35.5. The zero-order valence-corrected chi connectivity index (χ0v) is 20.6. The van der Waals surface area contributed by atoms with Crippen molar-refractivity contribution in [1.82, 2.24) is 10.2 Å². The van der Waals surface area contributed by atoms with Crippen molar-refractivity contribution < 1.29 is 27.3 Å². The predicted molar refractivity (Wildman–Crippen MR) is 133 cm³/mol. The maximum absolute atomic E-state index is 12.5. The fourth-order valence-corrected chi connectivity index (χ4v) is 4.23. The first-order chi connectivity index (χ1) is 17.6. The van der Waals surface area contributed by atoms with E-state index in [9.17, 15) is 23.3 Å². The number of amides is 1. The molecule has 0 saturated carbocycles. The number of nitro benzene ring substituents is 1. The molecule has 0 spiro atoms. The average Bonchev–Trinajstić information content (AvgIpc) is 3.34. The summed E-state index contributed by atoms with van der Waals surface area (Å²) in [5, 5.41) is 20.9. The molecule has 4 rings (SSSR count). The minimum Gasteiger partial charge on any atom is -0.486 e. The number of furan rings is 1. The maximum Gasteiger partial charge on any atom is 0.291 e. The molecule has 0 atom stereocenters. The van der Waals surface area contributed by atoms with Gasteiger partial charge in [0.2, 0.25) is 0 Å². The number of benzene rings is 2. The van der Waals surface area contributed by atoms with Crippen LogP contribution in [0.3, 0.4) is 0 Å². The topological polar surface area (TPSA) is 167 Å². The van der Waals surface area contributed by atoms with Crippen LogP contribution in [0.2, 0.25) is 5.15 Å². The molecule has 37 heavy (non-hydrogen) atoms. The van der Waals surface area contributed by atoms with Crippen molar-refractivity contribution in [3.05, 3.63) is 99.1 Å². The fraction of sp³-hybridized carbons (Fsp3) is 0.0870. The van der Waals surface area contributed by atoms with Crippen LogP contribution in [-0.4, -0.2) is 29.4 Å². The second kappa shape index (κ2) is 10.6. The zero-order chi connectivity index (χ0) is 26.6. The van der Waals surface area contributed by atoms with Crippen LogP contribution in [0.25, 0.3) is 0 Å². The Morgan fingerprint density at radius 2 is 1.84 bits per heavy atom. The minimum atomic E-state index is -3.93. The SMILES string of the molecule is Cc1cc(OCc2ccc(C(=O)Nc3ccc(S(=O)(=O)Nc4ccc(Cl)nn4)cc3)o2)ccc1[N+](=O)[O-]. The summed E-state index contributed by atoms with van der Waals surface area (Å²) in [6, 6.07) is 15.6. The molecule has 0 bridgehead atoms. The summed E-state index contributed by atoms with van der Waals surface area (Å²) in [6.45, 7) is 1.61. The van der Waals surface area contributed by atoms with Gasteiger partial charge in [0.1, 0.15) is 18.1 Å². The van der Waals surface area contributed by atoms with Crippen molar-refractivity contribution in [3.63, 3.8) is 0 Å². The van der Waals surface area contributed by atoms with Crippen molar-refractivity contribution >= 4 is 44.7 Å². The van der Waals surface area contributed by atoms with Gasteiger partial charge in [-0.25, -0.2) is 8.42 Å². The molecule has 14 heteroatoms. The Balaban J connectivity index is 1.35. The Morgan fingerprint density at radius 3 is 2.49 bits per heavy atom. The number of anilines is 2. The van der Waals surface area contributed by atoms with Gasteiger partial charge >= 0.3 is 0 Å². The molecule has 2 heterocycles. The molecule has 0 radical (unpaired) electrons. The van der Waals surface area contributed by atoms with Gasteiger partial charge in [-0.2, -0.15) is 0 Å². The Kier molecular flexibility index (Phi) is 7.36. The summed E-state index contributed by atoms with van der Waals surface area (Å²) in [5.74, 6) is 0.237. The van der Waals surface area contributed by atoms with Gasteiger partial charge in [-0.15, -0.1) is 10.2 Å². The summed E-state index contributed by atoms with van der Waals surface area (Å²) >= 11 is 5.65. The summed E-state index contributed by atoms with van der Waals surface area (Å²) in [6.07, 6.45) is 0. The lowest BCUT2D eigenvalue weighted by atomic mass is 10.2. The summed E-state index contributed by atoms with van der Waals surface area (Å²) < 4.78 is 38.4. The van der Waals surface area contributed by atoms with E-state index in [0.29, 0.717) is 22.8 Å². The van der Waals surface area contributed by atoms with Gasteiger partial charge in [-0.1, -0.05) is 11.6 Å². The number of aromatic nitrogens is 2. The Bertz CT molecular complexity index is 1560. The molecule has 1 amide bonds. The van der Waals surface area contributed by atoms with Gasteiger partial charge < -0.3 is 14.5 Å². The molecule has 0 aliphatic rings. The number of sulfonamides is 1. The molecule has 2 aromatic heterocycles. The van der Waals surface area contributed by atoms with E-state index in [-0.39, 0.29) is 33.9 Å². The Morgan fingerprint density at radius 1 is 1.08 bits per heavy atom. The summed E-state index contributed by atoms with van der Waals surface area (Å²) in [4.78, 5) is 22.9. The van der Waals surface area contributed by atoms with E-state index < -0.39 is 20.9 Å². The number of carbonyl (C=O) groups is 1. The quantitative estimate of drug-likeness (QED) is 0.227.